The maximum Gasteiger partial charge on any atom is 0.119 e. The largest absolute Gasteiger partial charge is 0.492 e. The molecule has 0 heterocycles. The van der Waals surface area contributed by atoms with Crippen molar-refractivity contribution in [1.29, 1.82) is 0 Å². The molecule has 0 radical (unpaired) electrons. The molecule has 0 saturated heterocycles. The van der Waals surface area contributed by atoms with E-state index < -0.39 is 0 Å². The lowest BCUT2D eigenvalue weighted by Gasteiger charge is -2.23. The Balaban J connectivity index is 1.74. The molecule has 1 saturated carbocycles. The lowest BCUT2D eigenvalue weighted by Crippen LogP contribution is -2.32. The molecule has 1 fully saturated rings. The molecular formula is C15H22N2OS. The van der Waals surface area contributed by atoms with Crippen molar-refractivity contribution in [3.63, 3.8) is 0 Å². The third kappa shape index (κ3) is 4.18. The molecule has 2 rings (SSSR count). The number of rotatable bonds is 6. The molecule has 1 aliphatic carbocycles. The van der Waals surface area contributed by atoms with Crippen LogP contribution in [-0.2, 0) is 0 Å². The summed E-state index contributed by atoms with van der Waals surface area (Å²) in [7, 11) is 2.19. The zero-order chi connectivity index (χ0) is 13.7. The first-order valence-electron chi connectivity index (χ1n) is 6.90. The summed E-state index contributed by atoms with van der Waals surface area (Å²) in [6.07, 6.45) is 5.41. The van der Waals surface area contributed by atoms with Gasteiger partial charge in [-0.1, -0.05) is 25.1 Å². The second-order valence-corrected chi connectivity index (χ2v) is 5.60. The van der Waals surface area contributed by atoms with E-state index in [4.69, 9.17) is 22.7 Å². The summed E-state index contributed by atoms with van der Waals surface area (Å²) in [4.78, 5) is 2.84. The summed E-state index contributed by atoms with van der Waals surface area (Å²) in [5.41, 5.74) is 6.44. The van der Waals surface area contributed by atoms with E-state index in [-0.39, 0.29) is 0 Å². The SMILES string of the molecule is CN(CCOc1ccc(C(N)=S)cc1)C1CCCC1. The third-order valence-corrected chi connectivity index (χ3v) is 4.04. The molecule has 0 unspecified atom stereocenters. The highest BCUT2D eigenvalue weighted by Gasteiger charge is 2.18. The van der Waals surface area contributed by atoms with Gasteiger partial charge in [0.25, 0.3) is 0 Å². The molecule has 1 aliphatic rings. The molecule has 0 spiro atoms. The third-order valence-electron chi connectivity index (χ3n) is 3.80. The van der Waals surface area contributed by atoms with E-state index in [0.29, 0.717) is 4.99 Å². The van der Waals surface area contributed by atoms with Gasteiger partial charge in [0.2, 0.25) is 0 Å². The van der Waals surface area contributed by atoms with Gasteiger partial charge in [-0.15, -0.1) is 0 Å². The van der Waals surface area contributed by atoms with E-state index in [1.807, 2.05) is 24.3 Å². The van der Waals surface area contributed by atoms with E-state index in [0.717, 1.165) is 30.5 Å². The van der Waals surface area contributed by atoms with Crippen molar-refractivity contribution in [3.8, 4) is 5.75 Å². The standard InChI is InChI=1S/C15H22N2OS/c1-17(13-4-2-3-5-13)10-11-18-14-8-6-12(7-9-14)15(16)19/h6-9,13H,2-5,10-11H2,1H3,(H2,16,19). The highest BCUT2D eigenvalue weighted by Crippen LogP contribution is 2.22. The van der Waals surface area contributed by atoms with Crippen LogP contribution >= 0.6 is 12.2 Å². The van der Waals surface area contributed by atoms with Crippen LogP contribution in [0.1, 0.15) is 31.2 Å². The van der Waals surface area contributed by atoms with Crippen LogP contribution in [0.15, 0.2) is 24.3 Å². The highest BCUT2D eigenvalue weighted by atomic mass is 32.1. The Hall–Kier alpha value is -1.13. The van der Waals surface area contributed by atoms with Crippen LogP contribution in [0.5, 0.6) is 5.75 Å². The van der Waals surface area contributed by atoms with E-state index in [9.17, 15) is 0 Å². The van der Waals surface area contributed by atoms with E-state index in [2.05, 4.69) is 11.9 Å². The van der Waals surface area contributed by atoms with Crippen LogP contribution in [0.25, 0.3) is 0 Å². The number of hydrogen-bond donors (Lipinski definition) is 1. The first kappa shape index (κ1) is 14.3. The minimum atomic E-state index is 0.424. The number of nitrogens with zero attached hydrogens (tertiary/aromatic N) is 1. The van der Waals surface area contributed by atoms with Crippen molar-refractivity contribution >= 4 is 17.2 Å². The van der Waals surface area contributed by atoms with Gasteiger partial charge in [-0.05, 0) is 44.2 Å². The normalized spacial score (nSPS) is 15.9. The summed E-state index contributed by atoms with van der Waals surface area (Å²) in [5, 5.41) is 0. The number of benzene rings is 1. The zero-order valence-electron chi connectivity index (χ0n) is 11.5. The fourth-order valence-corrected chi connectivity index (χ4v) is 2.69. The molecule has 104 valence electrons. The first-order valence-corrected chi connectivity index (χ1v) is 7.30. The van der Waals surface area contributed by atoms with Gasteiger partial charge in [0, 0.05) is 18.2 Å². The van der Waals surface area contributed by atoms with Gasteiger partial charge in [-0.25, -0.2) is 0 Å². The Morgan fingerprint density at radius 3 is 2.53 bits per heavy atom. The fraction of sp³-hybridized carbons (Fsp3) is 0.533. The Morgan fingerprint density at radius 2 is 1.95 bits per heavy atom. The van der Waals surface area contributed by atoms with Gasteiger partial charge in [0.15, 0.2) is 0 Å². The Labute approximate surface area is 120 Å². The average Bonchev–Trinajstić information content (AvgIpc) is 2.93. The smallest absolute Gasteiger partial charge is 0.119 e. The number of thiocarbonyl (C=S) groups is 1. The minimum absolute atomic E-state index is 0.424. The van der Waals surface area contributed by atoms with Gasteiger partial charge in [0.05, 0.1) is 0 Å². The van der Waals surface area contributed by atoms with Crippen LogP contribution in [0.2, 0.25) is 0 Å². The van der Waals surface area contributed by atoms with Crippen LogP contribution in [0, 0.1) is 0 Å². The molecule has 2 N–H and O–H groups in total. The molecule has 0 aromatic heterocycles. The van der Waals surface area contributed by atoms with Crippen LogP contribution in [0.3, 0.4) is 0 Å². The maximum atomic E-state index is 5.75. The van der Waals surface area contributed by atoms with Crippen LogP contribution in [0.4, 0.5) is 0 Å². The first-order chi connectivity index (χ1) is 9.16. The lowest BCUT2D eigenvalue weighted by molar-refractivity contribution is 0.193. The lowest BCUT2D eigenvalue weighted by atomic mass is 10.2. The molecule has 3 nitrogen and oxygen atoms in total. The second-order valence-electron chi connectivity index (χ2n) is 5.16. The van der Waals surface area contributed by atoms with Gasteiger partial charge >= 0.3 is 0 Å². The van der Waals surface area contributed by atoms with Crippen molar-refractivity contribution in [2.45, 2.75) is 31.7 Å². The summed E-state index contributed by atoms with van der Waals surface area (Å²) in [5.74, 6) is 0.875. The Morgan fingerprint density at radius 1 is 1.32 bits per heavy atom. The number of nitrogens with two attached hydrogens (primary N) is 1. The number of ether oxygens (including phenoxy) is 1. The molecule has 0 aliphatic heterocycles. The molecule has 0 bridgehead atoms. The Kier molecular flexibility index (Phi) is 5.16. The van der Waals surface area contributed by atoms with Crippen molar-refractivity contribution in [2.24, 2.45) is 5.73 Å². The molecular weight excluding hydrogens is 256 g/mol. The predicted molar refractivity (Wildman–Crippen MR) is 82.7 cm³/mol. The fourth-order valence-electron chi connectivity index (χ4n) is 2.55. The van der Waals surface area contributed by atoms with Crippen LogP contribution < -0.4 is 10.5 Å². The second kappa shape index (κ2) is 6.87. The molecule has 0 amide bonds. The summed E-state index contributed by atoms with van der Waals surface area (Å²) >= 11 is 4.92. The van der Waals surface area contributed by atoms with Crippen molar-refractivity contribution < 1.29 is 4.74 Å². The van der Waals surface area contributed by atoms with E-state index in [1.54, 1.807) is 0 Å². The van der Waals surface area contributed by atoms with Gasteiger partial charge in [-0.3, -0.25) is 0 Å². The zero-order valence-corrected chi connectivity index (χ0v) is 12.3. The molecule has 0 atom stereocenters. The monoisotopic (exact) mass is 278 g/mol. The van der Waals surface area contributed by atoms with Gasteiger partial charge in [0.1, 0.15) is 17.3 Å². The van der Waals surface area contributed by atoms with Crippen molar-refractivity contribution in [3.05, 3.63) is 29.8 Å². The van der Waals surface area contributed by atoms with Crippen LogP contribution in [-0.4, -0.2) is 36.1 Å². The van der Waals surface area contributed by atoms with E-state index >= 15 is 0 Å². The topological polar surface area (TPSA) is 38.5 Å². The minimum Gasteiger partial charge on any atom is -0.492 e. The number of likely N-dealkylation sites (N-methyl/N-ethyl adjacent to an activating group) is 1. The van der Waals surface area contributed by atoms with Crippen molar-refractivity contribution in [1.82, 2.24) is 4.90 Å². The van der Waals surface area contributed by atoms with Gasteiger partial charge < -0.3 is 15.4 Å². The maximum absolute atomic E-state index is 5.75. The summed E-state index contributed by atoms with van der Waals surface area (Å²) < 4.78 is 5.75. The predicted octanol–water partition coefficient (Wildman–Crippen LogP) is 2.57. The Bertz CT molecular complexity index is 413. The highest BCUT2D eigenvalue weighted by molar-refractivity contribution is 7.80. The molecule has 1 aromatic carbocycles. The quantitative estimate of drug-likeness (QED) is 0.812. The summed E-state index contributed by atoms with van der Waals surface area (Å²) in [6.45, 7) is 1.70. The van der Waals surface area contributed by atoms with E-state index in [1.165, 1.54) is 25.7 Å². The molecule has 1 aromatic rings. The molecule has 19 heavy (non-hydrogen) atoms. The molecule has 4 heteroatoms. The average molecular weight is 278 g/mol. The number of hydrogen-bond acceptors (Lipinski definition) is 3. The van der Waals surface area contributed by atoms with Gasteiger partial charge in [-0.2, -0.15) is 0 Å². The van der Waals surface area contributed by atoms with Crippen molar-refractivity contribution in [2.75, 3.05) is 20.2 Å². The summed E-state index contributed by atoms with van der Waals surface area (Å²) in [6, 6.07) is 8.39.